The highest BCUT2D eigenvalue weighted by Crippen LogP contribution is 2.12. The fraction of sp³-hybridized carbons (Fsp3) is 0.333. The number of rotatable bonds is 3. The Labute approximate surface area is 119 Å². The van der Waals surface area contributed by atoms with Crippen LogP contribution >= 0.6 is 0 Å². The average Bonchev–Trinajstić information content (AvgIpc) is 2.70. The van der Waals surface area contributed by atoms with Gasteiger partial charge in [0.05, 0.1) is 12.7 Å². The summed E-state index contributed by atoms with van der Waals surface area (Å²) in [4.78, 5) is 13.8. The van der Waals surface area contributed by atoms with E-state index < -0.39 is 0 Å². The van der Waals surface area contributed by atoms with Crippen LogP contribution in [0.15, 0.2) is 30.5 Å². The largest absolute Gasteiger partial charge is 0.323 e. The number of aromatic nitrogens is 2. The first-order valence-corrected chi connectivity index (χ1v) is 6.53. The third kappa shape index (κ3) is 3.17. The van der Waals surface area contributed by atoms with E-state index >= 15 is 0 Å². The maximum absolute atomic E-state index is 12.1. The molecule has 5 heteroatoms. The van der Waals surface area contributed by atoms with Gasteiger partial charge in [-0.3, -0.25) is 4.68 Å². The maximum Gasteiger partial charge on any atom is 0.321 e. The van der Waals surface area contributed by atoms with Crippen LogP contribution in [0.25, 0.3) is 0 Å². The zero-order valence-corrected chi connectivity index (χ0v) is 12.3. The molecule has 106 valence electrons. The van der Waals surface area contributed by atoms with Gasteiger partial charge in [-0.25, -0.2) is 4.79 Å². The van der Waals surface area contributed by atoms with Crippen molar-refractivity contribution in [3.8, 4) is 0 Å². The number of hydrogen-bond donors (Lipinski definition) is 1. The highest BCUT2D eigenvalue weighted by atomic mass is 16.2. The van der Waals surface area contributed by atoms with Gasteiger partial charge in [0.15, 0.2) is 0 Å². The number of urea groups is 1. The van der Waals surface area contributed by atoms with Crippen LogP contribution < -0.4 is 5.32 Å². The smallest absolute Gasteiger partial charge is 0.321 e. The van der Waals surface area contributed by atoms with E-state index in [1.807, 2.05) is 49.8 Å². The molecule has 0 saturated carbocycles. The van der Waals surface area contributed by atoms with Crippen molar-refractivity contribution in [1.29, 1.82) is 0 Å². The Morgan fingerprint density at radius 3 is 2.75 bits per heavy atom. The van der Waals surface area contributed by atoms with Gasteiger partial charge in [0, 0.05) is 31.0 Å². The van der Waals surface area contributed by atoms with E-state index in [1.165, 1.54) is 0 Å². The average molecular weight is 272 g/mol. The molecule has 20 heavy (non-hydrogen) atoms. The van der Waals surface area contributed by atoms with Crippen LogP contribution in [-0.2, 0) is 13.6 Å². The van der Waals surface area contributed by atoms with Gasteiger partial charge in [0.25, 0.3) is 0 Å². The lowest BCUT2D eigenvalue weighted by Gasteiger charge is -2.18. The van der Waals surface area contributed by atoms with Crippen molar-refractivity contribution in [1.82, 2.24) is 14.7 Å². The van der Waals surface area contributed by atoms with Crippen LogP contribution in [0, 0.1) is 13.8 Å². The molecule has 0 unspecified atom stereocenters. The summed E-state index contributed by atoms with van der Waals surface area (Å²) in [5.74, 6) is 0. The molecule has 1 N–H and O–H groups in total. The molecule has 0 bridgehead atoms. The van der Waals surface area contributed by atoms with E-state index in [-0.39, 0.29) is 6.03 Å². The molecule has 1 heterocycles. The summed E-state index contributed by atoms with van der Waals surface area (Å²) in [5, 5.41) is 7.07. The van der Waals surface area contributed by atoms with E-state index in [1.54, 1.807) is 18.1 Å². The lowest BCUT2D eigenvalue weighted by molar-refractivity contribution is 0.220. The zero-order chi connectivity index (χ0) is 14.7. The van der Waals surface area contributed by atoms with Gasteiger partial charge in [-0.2, -0.15) is 5.10 Å². The Kier molecular flexibility index (Phi) is 4.08. The van der Waals surface area contributed by atoms with Crippen LogP contribution in [0.1, 0.15) is 16.8 Å². The lowest BCUT2D eigenvalue weighted by Crippen LogP contribution is -2.31. The van der Waals surface area contributed by atoms with E-state index in [9.17, 15) is 4.79 Å². The molecule has 0 atom stereocenters. The Hall–Kier alpha value is -2.30. The standard InChI is InChI=1S/C15H20N4O/c1-11-6-5-7-14(8-11)17-15(20)18(3)10-13-9-16-19(4)12(13)2/h5-9H,10H2,1-4H3,(H,17,20). The summed E-state index contributed by atoms with van der Waals surface area (Å²) in [6.45, 7) is 4.53. The molecular weight excluding hydrogens is 252 g/mol. The molecule has 2 aromatic rings. The Morgan fingerprint density at radius 1 is 1.40 bits per heavy atom. The Balaban J connectivity index is 2.00. The van der Waals surface area contributed by atoms with Gasteiger partial charge in [-0.1, -0.05) is 12.1 Å². The number of aryl methyl sites for hydroxylation is 2. The fourth-order valence-corrected chi connectivity index (χ4v) is 1.97. The molecule has 2 rings (SSSR count). The second kappa shape index (κ2) is 5.77. The van der Waals surface area contributed by atoms with Crippen molar-refractivity contribution in [2.24, 2.45) is 7.05 Å². The van der Waals surface area contributed by atoms with Crippen LogP contribution in [0.4, 0.5) is 10.5 Å². The Bertz CT molecular complexity index is 618. The number of hydrogen-bond acceptors (Lipinski definition) is 2. The monoisotopic (exact) mass is 272 g/mol. The van der Waals surface area contributed by atoms with Crippen molar-refractivity contribution >= 4 is 11.7 Å². The van der Waals surface area contributed by atoms with E-state index in [0.29, 0.717) is 6.54 Å². The van der Waals surface area contributed by atoms with Gasteiger partial charge in [0.1, 0.15) is 0 Å². The topological polar surface area (TPSA) is 50.2 Å². The number of carbonyl (C=O) groups excluding carboxylic acids is 1. The van der Waals surface area contributed by atoms with Crippen molar-refractivity contribution in [3.05, 3.63) is 47.3 Å². The van der Waals surface area contributed by atoms with Gasteiger partial charge < -0.3 is 10.2 Å². The molecule has 0 aliphatic rings. The molecular formula is C15H20N4O. The molecule has 0 saturated heterocycles. The van der Waals surface area contributed by atoms with Gasteiger partial charge in [-0.15, -0.1) is 0 Å². The van der Waals surface area contributed by atoms with Gasteiger partial charge >= 0.3 is 6.03 Å². The third-order valence-electron chi connectivity index (χ3n) is 3.36. The molecule has 0 spiro atoms. The van der Waals surface area contributed by atoms with Crippen LogP contribution in [0.2, 0.25) is 0 Å². The minimum Gasteiger partial charge on any atom is -0.323 e. The lowest BCUT2D eigenvalue weighted by atomic mass is 10.2. The summed E-state index contributed by atoms with van der Waals surface area (Å²) in [6, 6.07) is 7.63. The second-order valence-electron chi connectivity index (χ2n) is 5.03. The van der Waals surface area contributed by atoms with Gasteiger partial charge in [0.2, 0.25) is 0 Å². The summed E-state index contributed by atoms with van der Waals surface area (Å²) in [7, 11) is 3.67. The third-order valence-corrected chi connectivity index (χ3v) is 3.36. The fourth-order valence-electron chi connectivity index (χ4n) is 1.97. The van der Waals surface area contributed by atoms with E-state index in [4.69, 9.17) is 0 Å². The molecule has 0 radical (unpaired) electrons. The predicted molar refractivity (Wildman–Crippen MR) is 79.6 cm³/mol. The number of carbonyl (C=O) groups is 1. The summed E-state index contributed by atoms with van der Waals surface area (Å²) in [5.41, 5.74) is 4.05. The first-order valence-electron chi connectivity index (χ1n) is 6.53. The molecule has 1 aromatic heterocycles. The van der Waals surface area contributed by atoms with E-state index in [2.05, 4.69) is 10.4 Å². The minimum absolute atomic E-state index is 0.126. The van der Waals surface area contributed by atoms with Crippen LogP contribution in [-0.4, -0.2) is 27.8 Å². The number of anilines is 1. The summed E-state index contributed by atoms with van der Waals surface area (Å²) in [6.07, 6.45) is 1.80. The number of benzene rings is 1. The zero-order valence-electron chi connectivity index (χ0n) is 12.3. The minimum atomic E-state index is -0.126. The molecule has 0 aliphatic heterocycles. The maximum atomic E-state index is 12.1. The predicted octanol–water partition coefficient (Wildman–Crippen LogP) is 2.70. The summed E-state index contributed by atoms with van der Waals surface area (Å²) >= 11 is 0. The molecule has 5 nitrogen and oxygen atoms in total. The van der Waals surface area contributed by atoms with E-state index in [0.717, 1.165) is 22.5 Å². The molecule has 0 fully saturated rings. The quantitative estimate of drug-likeness (QED) is 0.934. The highest BCUT2D eigenvalue weighted by Gasteiger charge is 2.12. The number of nitrogens with one attached hydrogen (secondary N) is 1. The molecule has 0 aliphatic carbocycles. The van der Waals surface area contributed by atoms with Crippen molar-refractivity contribution in [2.45, 2.75) is 20.4 Å². The normalized spacial score (nSPS) is 10.4. The van der Waals surface area contributed by atoms with Crippen molar-refractivity contribution in [2.75, 3.05) is 12.4 Å². The highest BCUT2D eigenvalue weighted by molar-refractivity contribution is 5.89. The van der Waals surface area contributed by atoms with Crippen molar-refractivity contribution < 1.29 is 4.79 Å². The molecule has 2 amide bonds. The Morgan fingerprint density at radius 2 is 2.15 bits per heavy atom. The second-order valence-corrected chi connectivity index (χ2v) is 5.03. The van der Waals surface area contributed by atoms with Crippen LogP contribution in [0.3, 0.4) is 0 Å². The van der Waals surface area contributed by atoms with Gasteiger partial charge in [-0.05, 0) is 31.5 Å². The first-order chi connectivity index (χ1) is 9.47. The first kappa shape index (κ1) is 14.1. The number of nitrogens with zero attached hydrogens (tertiary/aromatic N) is 3. The SMILES string of the molecule is Cc1cccc(NC(=O)N(C)Cc2cnn(C)c2C)c1. The molecule has 1 aromatic carbocycles. The summed E-state index contributed by atoms with van der Waals surface area (Å²) < 4.78 is 1.81. The van der Waals surface area contributed by atoms with Crippen LogP contribution in [0.5, 0.6) is 0 Å². The van der Waals surface area contributed by atoms with Crippen molar-refractivity contribution in [3.63, 3.8) is 0 Å². The number of amides is 2.